The molecule has 1 heterocycles. The van der Waals surface area contributed by atoms with Crippen molar-refractivity contribution in [3.63, 3.8) is 0 Å². The minimum Gasteiger partial charge on any atom is -0.385 e. The number of aromatic nitrogens is 1. The Bertz CT molecular complexity index is 397. The summed E-state index contributed by atoms with van der Waals surface area (Å²) < 4.78 is 1.06. The van der Waals surface area contributed by atoms with Gasteiger partial charge in [-0.2, -0.15) is 0 Å². The van der Waals surface area contributed by atoms with Crippen LogP contribution in [0.25, 0.3) is 10.9 Å². The van der Waals surface area contributed by atoms with E-state index in [-0.39, 0.29) is 12.4 Å². The van der Waals surface area contributed by atoms with E-state index in [4.69, 9.17) is 5.73 Å². The molecule has 1 aromatic heterocycles. The van der Waals surface area contributed by atoms with Crippen molar-refractivity contribution < 1.29 is 0 Å². The molecule has 1 aromatic carbocycles. The van der Waals surface area contributed by atoms with Crippen molar-refractivity contribution in [3.05, 3.63) is 28.7 Å². The van der Waals surface area contributed by atoms with E-state index in [0.717, 1.165) is 15.4 Å². The van der Waals surface area contributed by atoms with Crippen molar-refractivity contribution in [2.24, 2.45) is 0 Å². The van der Waals surface area contributed by atoms with Gasteiger partial charge in [-0.3, -0.25) is 0 Å². The number of H-pyrrole nitrogens is 1. The summed E-state index contributed by atoms with van der Waals surface area (Å²) in [4.78, 5) is 3.05. The molecule has 2 aromatic rings. The standard InChI is InChI=1S/C8H7BrN2.ClH/c9-6-2-1-5-3-8(10)11-7(5)4-6;/h1-4,11H,10H2;1H. The van der Waals surface area contributed by atoms with Gasteiger partial charge < -0.3 is 10.7 Å². The first kappa shape index (κ1) is 9.42. The first-order valence-electron chi connectivity index (χ1n) is 3.29. The van der Waals surface area contributed by atoms with Crippen molar-refractivity contribution in [2.45, 2.75) is 0 Å². The normalized spacial score (nSPS) is 9.75. The van der Waals surface area contributed by atoms with Crippen LogP contribution >= 0.6 is 28.3 Å². The van der Waals surface area contributed by atoms with E-state index in [1.54, 1.807) is 0 Å². The Morgan fingerprint density at radius 2 is 2.00 bits per heavy atom. The van der Waals surface area contributed by atoms with Crippen LogP contribution < -0.4 is 5.73 Å². The number of rotatable bonds is 0. The predicted octanol–water partition coefficient (Wildman–Crippen LogP) is 2.93. The van der Waals surface area contributed by atoms with Gasteiger partial charge in [0.25, 0.3) is 0 Å². The van der Waals surface area contributed by atoms with Gasteiger partial charge in [-0.1, -0.05) is 22.0 Å². The molecule has 0 fully saturated rings. The smallest absolute Gasteiger partial charge is 0.101 e. The topological polar surface area (TPSA) is 41.8 Å². The first-order chi connectivity index (χ1) is 5.25. The lowest BCUT2D eigenvalue weighted by Crippen LogP contribution is -1.80. The third kappa shape index (κ3) is 1.57. The van der Waals surface area contributed by atoms with Gasteiger partial charge in [-0.15, -0.1) is 12.4 Å². The van der Waals surface area contributed by atoms with Crippen LogP contribution in [0.1, 0.15) is 0 Å². The highest BCUT2D eigenvalue weighted by molar-refractivity contribution is 9.10. The fraction of sp³-hybridized carbons (Fsp3) is 0. The van der Waals surface area contributed by atoms with Gasteiger partial charge in [-0.05, 0) is 18.2 Å². The van der Waals surface area contributed by atoms with E-state index >= 15 is 0 Å². The summed E-state index contributed by atoms with van der Waals surface area (Å²) in [5, 5.41) is 1.14. The molecule has 0 aliphatic carbocycles. The van der Waals surface area contributed by atoms with Crippen molar-refractivity contribution in [3.8, 4) is 0 Å². The van der Waals surface area contributed by atoms with Gasteiger partial charge in [-0.25, -0.2) is 0 Å². The zero-order chi connectivity index (χ0) is 7.84. The van der Waals surface area contributed by atoms with E-state index in [1.165, 1.54) is 0 Å². The van der Waals surface area contributed by atoms with Crippen LogP contribution in [0, 0.1) is 0 Å². The highest BCUT2D eigenvalue weighted by Gasteiger charge is 1.96. The third-order valence-corrected chi connectivity index (χ3v) is 2.10. The lowest BCUT2D eigenvalue weighted by Gasteiger charge is -1.89. The van der Waals surface area contributed by atoms with Gasteiger partial charge >= 0.3 is 0 Å². The van der Waals surface area contributed by atoms with Gasteiger partial charge in [0, 0.05) is 15.4 Å². The predicted molar refractivity (Wildman–Crippen MR) is 57.7 cm³/mol. The van der Waals surface area contributed by atoms with Crippen molar-refractivity contribution >= 4 is 45.1 Å². The Labute approximate surface area is 84.7 Å². The molecule has 0 bridgehead atoms. The maximum Gasteiger partial charge on any atom is 0.101 e. The molecule has 0 unspecified atom stereocenters. The SMILES string of the molecule is Cl.Nc1cc2ccc(Br)cc2[nH]1. The number of aromatic amines is 1. The summed E-state index contributed by atoms with van der Waals surface area (Å²) in [6.07, 6.45) is 0. The van der Waals surface area contributed by atoms with Crippen LogP contribution in [0.2, 0.25) is 0 Å². The number of hydrogen-bond acceptors (Lipinski definition) is 1. The minimum atomic E-state index is 0. The molecule has 0 atom stereocenters. The number of fused-ring (bicyclic) bond motifs is 1. The molecule has 0 aliphatic heterocycles. The quantitative estimate of drug-likeness (QED) is 0.738. The second-order valence-electron chi connectivity index (χ2n) is 2.46. The molecule has 3 N–H and O–H groups in total. The van der Waals surface area contributed by atoms with Crippen LogP contribution in [0.5, 0.6) is 0 Å². The molecule has 0 spiro atoms. The summed E-state index contributed by atoms with van der Waals surface area (Å²) in [6, 6.07) is 7.94. The number of benzene rings is 1. The molecule has 0 aliphatic rings. The number of nitrogens with two attached hydrogens (primary N) is 1. The maximum absolute atomic E-state index is 5.57. The minimum absolute atomic E-state index is 0. The molecule has 12 heavy (non-hydrogen) atoms. The van der Waals surface area contributed by atoms with Crippen molar-refractivity contribution in [2.75, 3.05) is 5.73 Å². The third-order valence-electron chi connectivity index (χ3n) is 1.61. The van der Waals surface area contributed by atoms with Gasteiger partial charge in [0.1, 0.15) is 5.82 Å². The molecule has 0 radical (unpaired) electrons. The van der Waals surface area contributed by atoms with Crippen LogP contribution in [-0.4, -0.2) is 4.98 Å². The van der Waals surface area contributed by atoms with Gasteiger partial charge in [0.2, 0.25) is 0 Å². The lowest BCUT2D eigenvalue weighted by atomic mass is 10.2. The van der Waals surface area contributed by atoms with E-state index in [9.17, 15) is 0 Å². The van der Waals surface area contributed by atoms with Crippen molar-refractivity contribution in [1.29, 1.82) is 0 Å². The summed E-state index contributed by atoms with van der Waals surface area (Å²) in [6.45, 7) is 0. The molecule has 64 valence electrons. The molecule has 2 rings (SSSR count). The van der Waals surface area contributed by atoms with E-state index in [0.29, 0.717) is 5.82 Å². The zero-order valence-electron chi connectivity index (χ0n) is 6.17. The number of anilines is 1. The fourth-order valence-electron chi connectivity index (χ4n) is 1.12. The summed E-state index contributed by atoms with van der Waals surface area (Å²) in [7, 11) is 0. The largest absolute Gasteiger partial charge is 0.385 e. The molecule has 4 heteroatoms. The van der Waals surface area contributed by atoms with Crippen LogP contribution in [0.4, 0.5) is 5.82 Å². The zero-order valence-corrected chi connectivity index (χ0v) is 8.58. The maximum atomic E-state index is 5.57. The van der Waals surface area contributed by atoms with Crippen LogP contribution in [0.15, 0.2) is 28.7 Å². The average molecular weight is 248 g/mol. The summed E-state index contributed by atoms with van der Waals surface area (Å²) >= 11 is 3.38. The Balaban J connectivity index is 0.000000720. The fourth-order valence-corrected chi connectivity index (χ4v) is 1.48. The molecular formula is C8H8BrClN2. The highest BCUT2D eigenvalue weighted by atomic mass is 79.9. The van der Waals surface area contributed by atoms with Gasteiger partial charge in [0.05, 0.1) is 0 Å². The Morgan fingerprint density at radius 3 is 2.75 bits per heavy atom. The first-order valence-corrected chi connectivity index (χ1v) is 4.09. The summed E-state index contributed by atoms with van der Waals surface area (Å²) in [5.41, 5.74) is 6.64. The molecular weight excluding hydrogens is 239 g/mol. The Kier molecular flexibility index (Phi) is 2.65. The number of nitrogens with one attached hydrogen (secondary N) is 1. The van der Waals surface area contributed by atoms with E-state index in [1.807, 2.05) is 24.3 Å². The van der Waals surface area contributed by atoms with Crippen LogP contribution in [-0.2, 0) is 0 Å². The Hall–Kier alpha value is -0.670. The monoisotopic (exact) mass is 246 g/mol. The van der Waals surface area contributed by atoms with Crippen LogP contribution in [0.3, 0.4) is 0 Å². The molecule has 0 saturated heterocycles. The highest BCUT2D eigenvalue weighted by Crippen LogP contribution is 2.20. The summed E-state index contributed by atoms with van der Waals surface area (Å²) in [5.74, 6) is 0.707. The number of hydrogen-bond donors (Lipinski definition) is 2. The molecule has 0 amide bonds. The molecule has 2 nitrogen and oxygen atoms in total. The second kappa shape index (κ2) is 3.37. The second-order valence-corrected chi connectivity index (χ2v) is 3.37. The molecule has 0 saturated carbocycles. The van der Waals surface area contributed by atoms with E-state index < -0.39 is 0 Å². The average Bonchev–Trinajstić information content (AvgIpc) is 2.27. The Morgan fingerprint density at radius 1 is 1.25 bits per heavy atom. The van der Waals surface area contributed by atoms with E-state index in [2.05, 4.69) is 20.9 Å². The van der Waals surface area contributed by atoms with Gasteiger partial charge in [0.15, 0.2) is 0 Å². The number of nitrogen functional groups attached to an aromatic ring is 1. The number of halogens is 2. The van der Waals surface area contributed by atoms with Crippen molar-refractivity contribution in [1.82, 2.24) is 4.98 Å². The lowest BCUT2D eigenvalue weighted by molar-refractivity contribution is 1.47.